The summed E-state index contributed by atoms with van der Waals surface area (Å²) in [6, 6.07) is 18.6. The number of rotatable bonds is 3. The van der Waals surface area contributed by atoms with Crippen molar-refractivity contribution in [2.24, 2.45) is 0 Å². The first-order valence-corrected chi connectivity index (χ1v) is 9.03. The molecular formula is C20H18N2OS. The first kappa shape index (κ1) is 15.2. The molecule has 1 aromatic heterocycles. The van der Waals surface area contributed by atoms with Gasteiger partial charge in [-0.1, -0.05) is 42.1 Å². The van der Waals surface area contributed by atoms with Gasteiger partial charge in [-0.2, -0.15) is 0 Å². The molecule has 4 heteroatoms. The fourth-order valence-corrected chi connectivity index (χ4v) is 3.83. The van der Waals surface area contributed by atoms with Crippen molar-refractivity contribution in [3.63, 3.8) is 0 Å². The molecule has 120 valence electrons. The summed E-state index contributed by atoms with van der Waals surface area (Å²) in [5.74, 6) is 0.0993. The van der Waals surface area contributed by atoms with Crippen LogP contribution < -0.4 is 0 Å². The number of aromatic nitrogens is 1. The van der Waals surface area contributed by atoms with Gasteiger partial charge in [0.2, 0.25) is 0 Å². The zero-order chi connectivity index (χ0) is 16.4. The van der Waals surface area contributed by atoms with Gasteiger partial charge in [-0.05, 0) is 47.9 Å². The first-order chi connectivity index (χ1) is 11.8. The molecule has 0 atom stereocenters. The van der Waals surface area contributed by atoms with Gasteiger partial charge in [-0.15, -0.1) is 0 Å². The van der Waals surface area contributed by atoms with Crippen LogP contribution in [0.2, 0.25) is 0 Å². The van der Waals surface area contributed by atoms with Crippen molar-refractivity contribution in [3.05, 3.63) is 66.4 Å². The fraction of sp³-hybridized carbons (Fsp3) is 0.200. The number of fused-ring (bicyclic) bond motifs is 1. The number of pyridine rings is 1. The Morgan fingerprint density at radius 1 is 0.958 bits per heavy atom. The van der Waals surface area contributed by atoms with Crippen LogP contribution in [0.3, 0.4) is 0 Å². The Labute approximate surface area is 145 Å². The Kier molecular flexibility index (Phi) is 4.22. The highest BCUT2D eigenvalue weighted by atomic mass is 32.2. The Balaban J connectivity index is 1.50. The van der Waals surface area contributed by atoms with Gasteiger partial charge in [0.05, 0.1) is 5.56 Å². The number of likely N-dealkylation sites (tertiary alicyclic amines) is 1. The summed E-state index contributed by atoms with van der Waals surface area (Å²) in [7, 11) is 0. The molecule has 0 N–H and O–H groups in total. The number of benzene rings is 2. The van der Waals surface area contributed by atoms with E-state index in [1.807, 2.05) is 29.2 Å². The molecule has 1 aliphatic rings. The summed E-state index contributed by atoms with van der Waals surface area (Å²) in [6.07, 6.45) is 3.91. The smallest absolute Gasteiger partial charge is 0.255 e. The van der Waals surface area contributed by atoms with Crippen molar-refractivity contribution in [1.82, 2.24) is 9.88 Å². The van der Waals surface area contributed by atoms with Crippen LogP contribution in [0.1, 0.15) is 23.2 Å². The maximum absolute atomic E-state index is 12.3. The number of nitrogens with zero attached hydrogens (tertiary/aromatic N) is 2. The lowest BCUT2D eigenvalue weighted by Gasteiger charge is -2.14. The van der Waals surface area contributed by atoms with Gasteiger partial charge in [0, 0.05) is 24.2 Å². The molecule has 4 rings (SSSR count). The minimum Gasteiger partial charge on any atom is -0.339 e. The second-order valence-corrected chi connectivity index (χ2v) is 7.09. The lowest BCUT2D eigenvalue weighted by atomic mass is 10.1. The van der Waals surface area contributed by atoms with Crippen molar-refractivity contribution >= 4 is 28.4 Å². The lowest BCUT2D eigenvalue weighted by molar-refractivity contribution is 0.0792. The minimum atomic E-state index is 0.0993. The van der Waals surface area contributed by atoms with Crippen molar-refractivity contribution < 1.29 is 4.79 Å². The van der Waals surface area contributed by atoms with Crippen LogP contribution in [0.5, 0.6) is 0 Å². The predicted molar refractivity (Wildman–Crippen MR) is 97.4 cm³/mol. The fourth-order valence-electron chi connectivity index (χ4n) is 3.02. The van der Waals surface area contributed by atoms with Crippen molar-refractivity contribution in [2.45, 2.75) is 22.8 Å². The van der Waals surface area contributed by atoms with E-state index in [0.29, 0.717) is 5.56 Å². The van der Waals surface area contributed by atoms with Crippen LogP contribution in [-0.4, -0.2) is 28.9 Å². The molecule has 0 aliphatic carbocycles. The average Bonchev–Trinajstić information content (AvgIpc) is 3.16. The first-order valence-electron chi connectivity index (χ1n) is 8.21. The van der Waals surface area contributed by atoms with E-state index in [1.165, 1.54) is 10.8 Å². The maximum Gasteiger partial charge on any atom is 0.255 e. The van der Waals surface area contributed by atoms with Crippen LogP contribution >= 0.6 is 11.8 Å². The molecule has 1 amide bonds. The van der Waals surface area contributed by atoms with Gasteiger partial charge in [0.1, 0.15) is 5.03 Å². The summed E-state index contributed by atoms with van der Waals surface area (Å²) in [5, 5.41) is 3.37. The standard InChI is InChI=1S/C20H18N2OS/c23-20(22-11-3-4-12-22)17-8-10-19(21-14-17)24-18-9-7-15-5-1-2-6-16(15)13-18/h1-2,5-10,13-14H,3-4,11-12H2. The molecule has 0 unspecified atom stereocenters. The second-order valence-electron chi connectivity index (χ2n) is 6.00. The van der Waals surface area contributed by atoms with Crippen molar-refractivity contribution in [1.29, 1.82) is 0 Å². The second kappa shape index (κ2) is 6.65. The van der Waals surface area contributed by atoms with Gasteiger partial charge in [0.15, 0.2) is 0 Å². The van der Waals surface area contributed by atoms with E-state index in [9.17, 15) is 4.79 Å². The third-order valence-electron chi connectivity index (χ3n) is 4.32. The van der Waals surface area contributed by atoms with Crippen LogP contribution in [-0.2, 0) is 0 Å². The average molecular weight is 334 g/mol. The molecular weight excluding hydrogens is 316 g/mol. The SMILES string of the molecule is O=C(c1ccc(Sc2ccc3ccccc3c2)nc1)N1CCCC1. The number of amides is 1. The summed E-state index contributed by atoms with van der Waals surface area (Å²) >= 11 is 1.62. The van der Waals surface area contributed by atoms with Crippen LogP contribution in [0, 0.1) is 0 Å². The molecule has 2 heterocycles. The van der Waals surface area contributed by atoms with E-state index in [-0.39, 0.29) is 5.91 Å². The molecule has 1 saturated heterocycles. The predicted octanol–water partition coefficient (Wildman–Crippen LogP) is 4.62. The summed E-state index contributed by atoms with van der Waals surface area (Å²) in [4.78, 5) is 19.9. The molecule has 0 spiro atoms. The van der Waals surface area contributed by atoms with Crippen LogP contribution in [0.15, 0.2) is 70.7 Å². The molecule has 1 fully saturated rings. The maximum atomic E-state index is 12.3. The highest BCUT2D eigenvalue weighted by Crippen LogP contribution is 2.29. The molecule has 3 nitrogen and oxygen atoms in total. The summed E-state index contributed by atoms with van der Waals surface area (Å²) in [6.45, 7) is 1.73. The number of carbonyl (C=O) groups is 1. The van der Waals surface area contributed by atoms with Gasteiger partial charge in [0.25, 0.3) is 5.91 Å². The van der Waals surface area contributed by atoms with Crippen LogP contribution in [0.4, 0.5) is 0 Å². The van der Waals surface area contributed by atoms with E-state index in [0.717, 1.165) is 35.9 Å². The number of hydrogen-bond donors (Lipinski definition) is 0. The topological polar surface area (TPSA) is 33.2 Å². The highest BCUT2D eigenvalue weighted by Gasteiger charge is 2.19. The van der Waals surface area contributed by atoms with E-state index in [2.05, 4.69) is 35.3 Å². The van der Waals surface area contributed by atoms with Crippen molar-refractivity contribution in [3.8, 4) is 0 Å². The zero-order valence-corrected chi connectivity index (χ0v) is 14.1. The van der Waals surface area contributed by atoms with Gasteiger partial charge < -0.3 is 4.90 Å². The minimum absolute atomic E-state index is 0.0993. The molecule has 3 aromatic rings. The van der Waals surface area contributed by atoms with E-state index in [4.69, 9.17) is 0 Å². The molecule has 1 aliphatic heterocycles. The van der Waals surface area contributed by atoms with Crippen LogP contribution in [0.25, 0.3) is 10.8 Å². The molecule has 24 heavy (non-hydrogen) atoms. The third-order valence-corrected chi connectivity index (χ3v) is 5.26. The monoisotopic (exact) mass is 334 g/mol. The van der Waals surface area contributed by atoms with Gasteiger partial charge in [-0.25, -0.2) is 4.98 Å². The quantitative estimate of drug-likeness (QED) is 0.700. The van der Waals surface area contributed by atoms with Crippen molar-refractivity contribution in [2.75, 3.05) is 13.1 Å². The lowest BCUT2D eigenvalue weighted by Crippen LogP contribution is -2.27. The van der Waals surface area contributed by atoms with Gasteiger partial charge in [-0.3, -0.25) is 4.79 Å². The van der Waals surface area contributed by atoms with E-state index >= 15 is 0 Å². The summed E-state index contributed by atoms with van der Waals surface area (Å²) in [5.41, 5.74) is 0.680. The molecule has 0 saturated carbocycles. The molecule has 2 aromatic carbocycles. The zero-order valence-electron chi connectivity index (χ0n) is 13.3. The highest BCUT2D eigenvalue weighted by molar-refractivity contribution is 7.99. The Morgan fingerprint density at radius 2 is 1.75 bits per heavy atom. The molecule has 0 bridgehead atoms. The molecule has 0 radical (unpaired) electrons. The Bertz CT molecular complexity index is 870. The van der Waals surface area contributed by atoms with E-state index < -0.39 is 0 Å². The van der Waals surface area contributed by atoms with Gasteiger partial charge >= 0.3 is 0 Å². The van der Waals surface area contributed by atoms with E-state index in [1.54, 1.807) is 18.0 Å². The normalized spacial score (nSPS) is 14.2. The Morgan fingerprint density at radius 3 is 2.50 bits per heavy atom. The summed E-state index contributed by atoms with van der Waals surface area (Å²) < 4.78 is 0. The largest absolute Gasteiger partial charge is 0.339 e. The third kappa shape index (κ3) is 3.15. The number of carbonyl (C=O) groups excluding carboxylic acids is 1. The number of hydrogen-bond acceptors (Lipinski definition) is 3. The Hall–Kier alpha value is -2.33.